The Balaban J connectivity index is 1.96. The van der Waals surface area contributed by atoms with Gasteiger partial charge in [0.25, 0.3) is 5.91 Å². The Labute approximate surface area is 121 Å². The van der Waals surface area contributed by atoms with E-state index in [0.29, 0.717) is 17.3 Å². The molecule has 20 heavy (non-hydrogen) atoms. The zero-order chi connectivity index (χ0) is 14.7. The first-order chi connectivity index (χ1) is 9.49. The zero-order valence-electron chi connectivity index (χ0n) is 11.2. The van der Waals surface area contributed by atoms with Gasteiger partial charge in [0.2, 0.25) is 0 Å². The van der Waals surface area contributed by atoms with E-state index in [9.17, 15) is 9.18 Å². The SMILES string of the molecule is CC(CNC(=O)c1cnn(C)c1Cl)c1ccc(F)cc1. The number of halogens is 2. The summed E-state index contributed by atoms with van der Waals surface area (Å²) in [5.41, 5.74) is 1.31. The molecule has 1 heterocycles. The first-order valence-corrected chi connectivity index (χ1v) is 6.58. The van der Waals surface area contributed by atoms with Crippen LogP contribution in [0.1, 0.15) is 28.8 Å². The van der Waals surface area contributed by atoms with Crippen LogP contribution in [0.15, 0.2) is 30.5 Å². The number of rotatable bonds is 4. The van der Waals surface area contributed by atoms with Crippen molar-refractivity contribution in [2.24, 2.45) is 7.05 Å². The molecule has 1 amide bonds. The second kappa shape index (κ2) is 6.05. The molecular weight excluding hydrogens is 281 g/mol. The van der Waals surface area contributed by atoms with Crippen molar-refractivity contribution in [2.75, 3.05) is 6.54 Å². The summed E-state index contributed by atoms with van der Waals surface area (Å²) in [6.07, 6.45) is 1.43. The quantitative estimate of drug-likeness (QED) is 0.943. The van der Waals surface area contributed by atoms with Gasteiger partial charge in [-0.15, -0.1) is 0 Å². The van der Waals surface area contributed by atoms with E-state index in [0.717, 1.165) is 5.56 Å². The Morgan fingerprint density at radius 1 is 1.45 bits per heavy atom. The fourth-order valence-electron chi connectivity index (χ4n) is 1.83. The third-order valence-electron chi connectivity index (χ3n) is 3.12. The highest BCUT2D eigenvalue weighted by atomic mass is 35.5. The van der Waals surface area contributed by atoms with Gasteiger partial charge in [-0.2, -0.15) is 5.10 Å². The lowest BCUT2D eigenvalue weighted by atomic mass is 10.0. The van der Waals surface area contributed by atoms with Gasteiger partial charge in [0.05, 0.1) is 11.8 Å². The molecular formula is C14H15ClFN3O. The summed E-state index contributed by atoms with van der Waals surface area (Å²) in [7, 11) is 1.67. The Morgan fingerprint density at radius 3 is 2.65 bits per heavy atom. The molecule has 4 nitrogen and oxygen atoms in total. The van der Waals surface area contributed by atoms with E-state index in [2.05, 4.69) is 10.4 Å². The monoisotopic (exact) mass is 295 g/mol. The molecule has 0 saturated carbocycles. The lowest BCUT2D eigenvalue weighted by molar-refractivity contribution is 0.0951. The summed E-state index contributed by atoms with van der Waals surface area (Å²) in [4.78, 5) is 12.0. The van der Waals surface area contributed by atoms with E-state index in [-0.39, 0.29) is 17.6 Å². The normalized spacial score (nSPS) is 12.2. The van der Waals surface area contributed by atoms with Crippen molar-refractivity contribution in [1.82, 2.24) is 15.1 Å². The van der Waals surface area contributed by atoms with E-state index in [4.69, 9.17) is 11.6 Å². The molecule has 2 aromatic rings. The summed E-state index contributed by atoms with van der Waals surface area (Å²) in [6, 6.07) is 6.24. The standard InChI is InChI=1S/C14H15ClFN3O/c1-9(10-3-5-11(16)6-4-10)7-17-14(20)12-8-18-19(2)13(12)15/h3-6,8-9H,7H2,1-2H3,(H,17,20). The Kier molecular flexibility index (Phi) is 4.39. The second-order valence-corrected chi connectivity index (χ2v) is 4.99. The number of hydrogen-bond donors (Lipinski definition) is 1. The largest absolute Gasteiger partial charge is 0.351 e. The number of carbonyl (C=O) groups is 1. The molecule has 0 aliphatic rings. The highest BCUT2D eigenvalue weighted by molar-refractivity contribution is 6.32. The predicted molar refractivity (Wildman–Crippen MR) is 75.4 cm³/mol. The number of carbonyl (C=O) groups excluding carboxylic acids is 1. The minimum absolute atomic E-state index is 0.0787. The van der Waals surface area contributed by atoms with Gasteiger partial charge in [-0.05, 0) is 23.6 Å². The van der Waals surface area contributed by atoms with Crippen LogP contribution in [0.25, 0.3) is 0 Å². The van der Waals surface area contributed by atoms with Crippen LogP contribution in [0, 0.1) is 5.82 Å². The zero-order valence-corrected chi connectivity index (χ0v) is 12.0. The van der Waals surface area contributed by atoms with Crippen LogP contribution in [-0.4, -0.2) is 22.2 Å². The van der Waals surface area contributed by atoms with Crippen molar-refractivity contribution < 1.29 is 9.18 Å². The molecule has 0 saturated heterocycles. The van der Waals surface area contributed by atoms with Gasteiger partial charge in [0.1, 0.15) is 11.0 Å². The summed E-state index contributed by atoms with van der Waals surface area (Å²) in [6.45, 7) is 2.40. The maximum Gasteiger partial charge on any atom is 0.256 e. The average Bonchev–Trinajstić information content (AvgIpc) is 2.77. The van der Waals surface area contributed by atoms with E-state index < -0.39 is 0 Å². The van der Waals surface area contributed by atoms with Crippen LogP contribution in [-0.2, 0) is 7.05 Å². The van der Waals surface area contributed by atoms with E-state index >= 15 is 0 Å². The Morgan fingerprint density at radius 2 is 2.10 bits per heavy atom. The number of nitrogens with one attached hydrogen (secondary N) is 1. The molecule has 1 aromatic carbocycles. The van der Waals surface area contributed by atoms with Crippen LogP contribution in [0.5, 0.6) is 0 Å². The van der Waals surface area contributed by atoms with Gasteiger partial charge in [-0.25, -0.2) is 4.39 Å². The number of amides is 1. The summed E-state index contributed by atoms with van der Waals surface area (Å²) in [5, 5.41) is 7.01. The minimum atomic E-state index is -0.271. The Hall–Kier alpha value is -1.88. The average molecular weight is 296 g/mol. The van der Waals surface area contributed by atoms with Crippen LogP contribution in [0.2, 0.25) is 5.15 Å². The van der Waals surface area contributed by atoms with Crippen molar-refractivity contribution in [2.45, 2.75) is 12.8 Å². The molecule has 1 atom stereocenters. The summed E-state index contributed by atoms with van der Waals surface area (Å²) < 4.78 is 14.3. The van der Waals surface area contributed by atoms with Gasteiger partial charge in [-0.3, -0.25) is 9.48 Å². The first-order valence-electron chi connectivity index (χ1n) is 6.20. The van der Waals surface area contributed by atoms with Crippen LogP contribution >= 0.6 is 11.6 Å². The number of benzene rings is 1. The van der Waals surface area contributed by atoms with Crippen molar-refractivity contribution >= 4 is 17.5 Å². The smallest absolute Gasteiger partial charge is 0.256 e. The number of aryl methyl sites for hydroxylation is 1. The molecule has 0 bridgehead atoms. The van der Waals surface area contributed by atoms with Crippen molar-refractivity contribution in [3.63, 3.8) is 0 Å². The molecule has 1 N–H and O–H groups in total. The predicted octanol–water partition coefficient (Wildman–Crippen LogP) is 2.75. The van der Waals surface area contributed by atoms with E-state index in [1.165, 1.54) is 23.0 Å². The van der Waals surface area contributed by atoms with Crippen LogP contribution < -0.4 is 5.32 Å². The lowest BCUT2D eigenvalue weighted by Gasteiger charge is -2.12. The summed E-state index contributed by atoms with van der Waals surface area (Å²) in [5.74, 6) is -0.459. The fraction of sp³-hybridized carbons (Fsp3) is 0.286. The lowest BCUT2D eigenvalue weighted by Crippen LogP contribution is -2.27. The molecule has 6 heteroatoms. The van der Waals surface area contributed by atoms with Gasteiger partial charge in [0.15, 0.2) is 0 Å². The second-order valence-electron chi connectivity index (χ2n) is 4.64. The minimum Gasteiger partial charge on any atom is -0.351 e. The topological polar surface area (TPSA) is 46.9 Å². The third-order valence-corrected chi connectivity index (χ3v) is 3.57. The van der Waals surface area contributed by atoms with Gasteiger partial charge < -0.3 is 5.32 Å². The maximum absolute atomic E-state index is 12.8. The van der Waals surface area contributed by atoms with E-state index in [1.807, 2.05) is 6.92 Å². The maximum atomic E-state index is 12.8. The van der Waals surface area contributed by atoms with Crippen molar-refractivity contribution in [3.8, 4) is 0 Å². The van der Waals surface area contributed by atoms with Gasteiger partial charge in [-0.1, -0.05) is 30.7 Å². The molecule has 0 aliphatic carbocycles. The van der Waals surface area contributed by atoms with Crippen molar-refractivity contribution in [3.05, 3.63) is 52.6 Å². The highest BCUT2D eigenvalue weighted by Crippen LogP contribution is 2.16. The molecule has 0 aliphatic heterocycles. The van der Waals surface area contributed by atoms with Crippen LogP contribution in [0.4, 0.5) is 4.39 Å². The summed E-state index contributed by atoms with van der Waals surface area (Å²) >= 11 is 5.95. The van der Waals surface area contributed by atoms with E-state index in [1.54, 1.807) is 19.2 Å². The molecule has 1 unspecified atom stereocenters. The number of aromatic nitrogens is 2. The third kappa shape index (κ3) is 3.17. The van der Waals surface area contributed by atoms with Gasteiger partial charge >= 0.3 is 0 Å². The number of nitrogens with zero attached hydrogens (tertiary/aromatic N) is 2. The molecule has 1 aromatic heterocycles. The molecule has 0 fully saturated rings. The number of hydrogen-bond acceptors (Lipinski definition) is 2. The molecule has 106 valence electrons. The molecule has 0 radical (unpaired) electrons. The first kappa shape index (κ1) is 14.5. The fourth-order valence-corrected chi connectivity index (χ4v) is 2.00. The highest BCUT2D eigenvalue weighted by Gasteiger charge is 2.15. The van der Waals surface area contributed by atoms with Gasteiger partial charge in [0, 0.05) is 13.6 Å². The van der Waals surface area contributed by atoms with Crippen molar-refractivity contribution in [1.29, 1.82) is 0 Å². The molecule has 0 spiro atoms. The molecule has 2 rings (SSSR count). The Bertz CT molecular complexity index is 609. The van der Waals surface area contributed by atoms with Crippen LogP contribution in [0.3, 0.4) is 0 Å².